The van der Waals surface area contributed by atoms with Crippen LogP contribution >= 0.6 is 0 Å². The van der Waals surface area contributed by atoms with E-state index in [9.17, 15) is 22.8 Å². The van der Waals surface area contributed by atoms with Gasteiger partial charge in [0.15, 0.2) is 0 Å². The standard InChI is InChI=1S/C22H24F3N3O2/c1-4-6-19(15-7-5-8-16(11-15)22(23,24)25)28-20(29)10-9-17-13(2)18(12-26)21(30)27-14(17)3/h5,7-8,11,19H,4,6,9-10H2,1-3H3,(H,27,30)(H,28,29). The number of pyridine rings is 1. The number of H-pyrrole nitrogens is 1. The Morgan fingerprint density at radius 1 is 1.30 bits per heavy atom. The number of rotatable bonds is 7. The fourth-order valence-electron chi connectivity index (χ4n) is 3.47. The van der Waals surface area contributed by atoms with Gasteiger partial charge >= 0.3 is 6.18 Å². The number of carbonyl (C=O) groups is 1. The Labute approximate surface area is 172 Å². The summed E-state index contributed by atoms with van der Waals surface area (Å²) in [5.74, 6) is -0.311. The number of benzene rings is 1. The first-order chi connectivity index (χ1) is 14.1. The molecule has 160 valence electrons. The van der Waals surface area contributed by atoms with Gasteiger partial charge in [0, 0.05) is 12.1 Å². The quantitative estimate of drug-likeness (QED) is 0.694. The minimum Gasteiger partial charge on any atom is -0.349 e. The van der Waals surface area contributed by atoms with Crippen molar-refractivity contribution in [1.82, 2.24) is 10.3 Å². The lowest BCUT2D eigenvalue weighted by Crippen LogP contribution is -2.29. The fraction of sp³-hybridized carbons (Fsp3) is 0.409. The first-order valence-electron chi connectivity index (χ1n) is 9.67. The van der Waals surface area contributed by atoms with Crippen LogP contribution in [0.25, 0.3) is 0 Å². The highest BCUT2D eigenvalue weighted by molar-refractivity contribution is 5.76. The maximum absolute atomic E-state index is 13.0. The van der Waals surface area contributed by atoms with Crippen molar-refractivity contribution in [2.45, 2.75) is 58.7 Å². The van der Waals surface area contributed by atoms with E-state index in [1.54, 1.807) is 19.9 Å². The molecule has 0 aliphatic carbocycles. The molecule has 0 bridgehead atoms. The number of nitrogens with zero attached hydrogens (tertiary/aromatic N) is 1. The van der Waals surface area contributed by atoms with Gasteiger partial charge in [-0.3, -0.25) is 9.59 Å². The molecule has 1 heterocycles. The lowest BCUT2D eigenvalue weighted by atomic mass is 9.97. The van der Waals surface area contributed by atoms with Crippen LogP contribution in [0.1, 0.15) is 65.7 Å². The lowest BCUT2D eigenvalue weighted by Gasteiger charge is -2.20. The van der Waals surface area contributed by atoms with Crippen molar-refractivity contribution in [3.8, 4) is 6.07 Å². The summed E-state index contributed by atoms with van der Waals surface area (Å²) in [7, 11) is 0. The second kappa shape index (κ2) is 9.61. The van der Waals surface area contributed by atoms with Gasteiger partial charge in [0.05, 0.1) is 11.6 Å². The average molecular weight is 419 g/mol. The van der Waals surface area contributed by atoms with Crippen molar-refractivity contribution in [2.75, 3.05) is 0 Å². The summed E-state index contributed by atoms with van der Waals surface area (Å²) in [4.78, 5) is 27.0. The van der Waals surface area contributed by atoms with E-state index >= 15 is 0 Å². The third kappa shape index (κ3) is 5.50. The van der Waals surface area contributed by atoms with Crippen LogP contribution in [0.15, 0.2) is 29.1 Å². The molecule has 1 unspecified atom stereocenters. The molecular formula is C22H24F3N3O2. The lowest BCUT2D eigenvalue weighted by molar-refractivity contribution is -0.137. The van der Waals surface area contributed by atoms with E-state index in [4.69, 9.17) is 5.26 Å². The van der Waals surface area contributed by atoms with E-state index in [-0.39, 0.29) is 17.9 Å². The Kier molecular flexibility index (Phi) is 7.43. The molecular weight excluding hydrogens is 395 g/mol. The van der Waals surface area contributed by atoms with Gasteiger partial charge in [0.25, 0.3) is 5.56 Å². The number of halogens is 3. The van der Waals surface area contributed by atoms with Crippen molar-refractivity contribution in [3.63, 3.8) is 0 Å². The molecule has 1 atom stereocenters. The van der Waals surface area contributed by atoms with E-state index in [1.807, 2.05) is 13.0 Å². The molecule has 2 aromatic rings. The van der Waals surface area contributed by atoms with Crippen LogP contribution in [0.3, 0.4) is 0 Å². The van der Waals surface area contributed by atoms with Crippen LogP contribution in [0.5, 0.6) is 0 Å². The van der Waals surface area contributed by atoms with Crippen LogP contribution in [0, 0.1) is 25.2 Å². The second-order valence-corrected chi connectivity index (χ2v) is 7.20. The molecule has 8 heteroatoms. The summed E-state index contributed by atoms with van der Waals surface area (Å²) in [5.41, 5.74) is 1.05. The zero-order valence-corrected chi connectivity index (χ0v) is 17.1. The Bertz CT molecular complexity index is 1020. The number of aromatic amines is 1. The predicted octanol–water partition coefficient (Wildman–Crippen LogP) is 4.47. The number of aromatic nitrogens is 1. The van der Waals surface area contributed by atoms with E-state index in [0.29, 0.717) is 41.6 Å². The van der Waals surface area contributed by atoms with Gasteiger partial charge < -0.3 is 10.3 Å². The highest BCUT2D eigenvalue weighted by Gasteiger charge is 2.31. The Hall–Kier alpha value is -3.08. The third-order valence-electron chi connectivity index (χ3n) is 5.05. The molecule has 0 aliphatic heterocycles. The normalized spacial score (nSPS) is 12.3. The molecule has 1 aromatic carbocycles. The van der Waals surface area contributed by atoms with E-state index in [0.717, 1.165) is 12.1 Å². The molecule has 0 spiro atoms. The van der Waals surface area contributed by atoms with Gasteiger partial charge in [-0.2, -0.15) is 18.4 Å². The molecule has 0 radical (unpaired) electrons. The molecule has 0 fully saturated rings. The second-order valence-electron chi connectivity index (χ2n) is 7.20. The van der Waals surface area contributed by atoms with Gasteiger partial charge in [0.1, 0.15) is 11.6 Å². The monoisotopic (exact) mass is 419 g/mol. The molecule has 2 N–H and O–H groups in total. The number of hydrogen-bond acceptors (Lipinski definition) is 3. The van der Waals surface area contributed by atoms with Gasteiger partial charge in [-0.25, -0.2) is 0 Å². The first-order valence-corrected chi connectivity index (χ1v) is 9.67. The number of alkyl halides is 3. The number of aryl methyl sites for hydroxylation is 1. The zero-order chi connectivity index (χ0) is 22.5. The highest BCUT2D eigenvalue weighted by atomic mass is 19.4. The maximum Gasteiger partial charge on any atom is 0.416 e. The molecule has 2 rings (SSSR count). The molecule has 1 amide bonds. The number of carbonyl (C=O) groups excluding carboxylic acids is 1. The summed E-state index contributed by atoms with van der Waals surface area (Å²) in [5, 5.41) is 12.0. The highest BCUT2D eigenvalue weighted by Crippen LogP contribution is 2.31. The largest absolute Gasteiger partial charge is 0.416 e. The van der Waals surface area contributed by atoms with Crippen LogP contribution < -0.4 is 10.9 Å². The topological polar surface area (TPSA) is 85.8 Å². The smallest absolute Gasteiger partial charge is 0.349 e. The molecule has 5 nitrogen and oxygen atoms in total. The predicted molar refractivity (Wildman–Crippen MR) is 107 cm³/mol. The average Bonchev–Trinajstić information content (AvgIpc) is 2.67. The third-order valence-corrected chi connectivity index (χ3v) is 5.05. The minimum atomic E-state index is -4.45. The van der Waals surface area contributed by atoms with Gasteiger partial charge in [0.2, 0.25) is 5.91 Å². The van der Waals surface area contributed by atoms with Crippen molar-refractivity contribution in [2.24, 2.45) is 0 Å². The van der Waals surface area contributed by atoms with Gasteiger partial charge in [-0.15, -0.1) is 0 Å². The van der Waals surface area contributed by atoms with Crippen molar-refractivity contribution in [3.05, 3.63) is 68.1 Å². The van der Waals surface area contributed by atoms with Crippen LogP contribution in [-0.2, 0) is 17.4 Å². The van der Waals surface area contributed by atoms with E-state index < -0.39 is 23.3 Å². The van der Waals surface area contributed by atoms with Crippen LogP contribution in [-0.4, -0.2) is 10.9 Å². The first kappa shape index (κ1) is 23.2. The van der Waals surface area contributed by atoms with E-state index in [1.165, 1.54) is 6.07 Å². The molecule has 0 saturated carbocycles. The van der Waals surface area contributed by atoms with Crippen molar-refractivity contribution in [1.29, 1.82) is 5.26 Å². The summed E-state index contributed by atoms with van der Waals surface area (Å²) in [6.45, 7) is 5.26. The molecule has 0 saturated heterocycles. The Morgan fingerprint density at radius 3 is 2.60 bits per heavy atom. The number of hydrogen-bond donors (Lipinski definition) is 2. The molecule has 30 heavy (non-hydrogen) atoms. The number of amides is 1. The zero-order valence-electron chi connectivity index (χ0n) is 17.1. The number of nitrogens with one attached hydrogen (secondary N) is 2. The summed E-state index contributed by atoms with van der Waals surface area (Å²) < 4.78 is 39.1. The Balaban J connectivity index is 2.16. The summed E-state index contributed by atoms with van der Waals surface area (Å²) in [6.07, 6.45) is -2.88. The van der Waals surface area contributed by atoms with E-state index in [2.05, 4.69) is 10.3 Å². The summed E-state index contributed by atoms with van der Waals surface area (Å²) in [6, 6.07) is 6.32. The SMILES string of the molecule is CCCC(NC(=O)CCc1c(C)[nH]c(=O)c(C#N)c1C)c1cccc(C(F)(F)F)c1. The minimum absolute atomic E-state index is 0.0174. The summed E-state index contributed by atoms with van der Waals surface area (Å²) >= 11 is 0. The Morgan fingerprint density at radius 2 is 2.00 bits per heavy atom. The van der Waals surface area contributed by atoms with Crippen LogP contribution in [0.2, 0.25) is 0 Å². The van der Waals surface area contributed by atoms with Crippen molar-refractivity contribution >= 4 is 5.91 Å². The fourth-order valence-corrected chi connectivity index (χ4v) is 3.47. The van der Waals surface area contributed by atoms with Gasteiger partial charge in [-0.05, 0) is 55.5 Å². The van der Waals surface area contributed by atoms with Crippen LogP contribution in [0.4, 0.5) is 13.2 Å². The number of nitriles is 1. The van der Waals surface area contributed by atoms with Gasteiger partial charge in [-0.1, -0.05) is 25.5 Å². The molecule has 0 aliphatic rings. The van der Waals surface area contributed by atoms with Crippen molar-refractivity contribution < 1.29 is 18.0 Å². The maximum atomic E-state index is 13.0. The molecule has 1 aromatic heterocycles.